The minimum absolute atomic E-state index is 0.0494. The average molecular weight is 478 g/mol. The van der Waals surface area contributed by atoms with Crippen molar-refractivity contribution in [3.05, 3.63) is 82.7 Å². The number of rotatable bonds is 10. The van der Waals surface area contributed by atoms with Crippen molar-refractivity contribution < 1.29 is 9.72 Å². The van der Waals surface area contributed by atoms with Crippen LogP contribution < -0.4 is 5.43 Å². The van der Waals surface area contributed by atoms with Crippen LogP contribution in [-0.4, -0.2) is 52.6 Å². The number of aromatic nitrogens is 6. The lowest BCUT2D eigenvalue weighted by Crippen LogP contribution is -2.20. The second kappa shape index (κ2) is 10.5. The molecule has 34 heavy (non-hydrogen) atoms. The van der Waals surface area contributed by atoms with Crippen LogP contribution in [0.5, 0.6) is 0 Å². The van der Waals surface area contributed by atoms with Gasteiger partial charge in [-0.2, -0.15) is 5.10 Å². The molecule has 0 atom stereocenters. The summed E-state index contributed by atoms with van der Waals surface area (Å²) in [5.41, 5.74) is 4.52. The summed E-state index contributed by atoms with van der Waals surface area (Å²) in [6.45, 7) is 4.61. The largest absolute Gasteiger partial charge is 0.301 e. The van der Waals surface area contributed by atoms with Crippen LogP contribution >= 0.6 is 11.8 Å². The third kappa shape index (κ3) is 5.32. The van der Waals surface area contributed by atoms with Gasteiger partial charge in [0.15, 0.2) is 11.0 Å². The zero-order valence-corrected chi connectivity index (χ0v) is 18.6. The number of nitro groups is 1. The van der Waals surface area contributed by atoms with Crippen molar-refractivity contribution in [2.24, 2.45) is 5.10 Å². The molecule has 0 saturated carbocycles. The minimum Gasteiger partial charge on any atom is -0.301 e. The fourth-order valence-electron chi connectivity index (χ4n) is 3.08. The number of hydrogen-bond acceptors (Lipinski definition) is 9. The van der Waals surface area contributed by atoms with E-state index in [9.17, 15) is 14.9 Å². The SMILES string of the molecule is C=CCn1c(Cn2nnc3ccccc32)nnc1SCC(=O)NN=Cc1cccc([N+](=O)[O-])c1. The molecule has 4 rings (SSSR count). The number of para-hydroxylation sites is 1. The van der Waals surface area contributed by atoms with Crippen LogP contribution in [0.15, 0.2) is 71.4 Å². The van der Waals surface area contributed by atoms with E-state index in [4.69, 9.17) is 0 Å². The van der Waals surface area contributed by atoms with Gasteiger partial charge in [0.2, 0.25) is 0 Å². The van der Waals surface area contributed by atoms with Crippen molar-refractivity contribution in [2.45, 2.75) is 18.2 Å². The summed E-state index contributed by atoms with van der Waals surface area (Å²) in [4.78, 5) is 22.6. The number of amides is 1. The Morgan fingerprint density at radius 3 is 2.88 bits per heavy atom. The Bertz CT molecular complexity index is 1380. The molecule has 0 radical (unpaired) electrons. The first kappa shape index (κ1) is 22.8. The third-order valence-corrected chi connectivity index (χ3v) is 5.60. The molecule has 13 heteroatoms. The fraction of sp³-hybridized carbons (Fsp3) is 0.143. The van der Waals surface area contributed by atoms with E-state index in [2.05, 4.69) is 37.6 Å². The second-order valence-electron chi connectivity index (χ2n) is 6.97. The molecular formula is C21H19N9O3S. The average Bonchev–Trinajstić information content (AvgIpc) is 3.42. The van der Waals surface area contributed by atoms with Gasteiger partial charge in [0.05, 0.1) is 22.4 Å². The van der Waals surface area contributed by atoms with E-state index in [1.165, 1.54) is 30.1 Å². The molecule has 0 aliphatic rings. The molecule has 0 aliphatic carbocycles. The summed E-state index contributed by atoms with van der Waals surface area (Å²) in [7, 11) is 0. The predicted molar refractivity (Wildman–Crippen MR) is 126 cm³/mol. The maximum Gasteiger partial charge on any atom is 0.270 e. The smallest absolute Gasteiger partial charge is 0.270 e. The van der Waals surface area contributed by atoms with Gasteiger partial charge in [-0.05, 0) is 12.1 Å². The molecule has 2 heterocycles. The number of hydrogen-bond donors (Lipinski definition) is 1. The molecular weight excluding hydrogens is 458 g/mol. The Labute approximate surface area is 197 Å². The monoisotopic (exact) mass is 477 g/mol. The van der Waals surface area contributed by atoms with Crippen LogP contribution in [0.25, 0.3) is 11.0 Å². The molecule has 0 spiro atoms. The van der Waals surface area contributed by atoms with Crippen molar-refractivity contribution in [3.63, 3.8) is 0 Å². The summed E-state index contributed by atoms with van der Waals surface area (Å²) < 4.78 is 3.59. The van der Waals surface area contributed by atoms with Crippen molar-refractivity contribution in [2.75, 3.05) is 5.75 Å². The van der Waals surface area contributed by atoms with Crippen LogP contribution in [0, 0.1) is 10.1 Å². The van der Waals surface area contributed by atoms with Crippen LogP contribution in [0.2, 0.25) is 0 Å². The van der Waals surface area contributed by atoms with Crippen LogP contribution in [-0.2, 0) is 17.9 Å². The lowest BCUT2D eigenvalue weighted by atomic mass is 10.2. The van der Waals surface area contributed by atoms with E-state index in [-0.39, 0.29) is 17.3 Å². The number of allylic oxidation sites excluding steroid dienone is 1. The molecule has 12 nitrogen and oxygen atoms in total. The van der Waals surface area contributed by atoms with Gasteiger partial charge < -0.3 is 4.57 Å². The van der Waals surface area contributed by atoms with E-state index in [1.54, 1.807) is 22.9 Å². The first-order valence-corrected chi connectivity index (χ1v) is 11.0. The minimum atomic E-state index is -0.494. The zero-order valence-electron chi connectivity index (χ0n) is 17.8. The molecule has 0 bridgehead atoms. The Morgan fingerprint density at radius 2 is 2.06 bits per heavy atom. The first-order chi connectivity index (χ1) is 16.5. The van der Waals surface area contributed by atoms with Gasteiger partial charge in [-0.15, -0.1) is 21.9 Å². The summed E-state index contributed by atoms with van der Waals surface area (Å²) in [6, 6.07) is 13.6. The number of carbonyl (C=O) groups is 1. The molecule has 0 unspecified atom stereocenters. The molecule has 0 fully saturated rings. The number of nitro benzene ring substituents is 1. The van der Waals surface area contributed by atoms with Gasteiger partial charge in [0.1, 0.15) is 12.1 Å². The van der Waals surface area contributed by atoms with Gasteiger partial charge in [0.25, 0.3) is 11.6 Å². The van der Waals surface area contributed by atoms with Crippen molar-refractivity contribution in [1.82, 2.24) is 35.2 Å². The van der Waals surface area contributed by atoms with Crippen LogP contribution in [0.3, 0.4) is 0 Å². The lowest BCUT2D eigenvalue weighted by molar-refractivity contribution is -0.384. The van der Waals surface area contributed by atoms with Crippen molar-refractivity contribution >= 4 is 40.6 Å². The molecule has 1 amide bonds. The van der Waals surface area contributed by atoms with Crippen molar-refractivity contribution in [1.29, 1.82) is 0 Å². The van der Waals surface area contributed by atoms with Crippen LogP contribution in [0.1, 0.15) is 11.4 Å². The number of benzene rings is 2. The maximum atomic E-state index is 12.2. The quantitative estimate of drug-likeness (QED) is 0.120. The Balaban J connectivity index is 1.38. The standard InChI is InChI=1S/C21H19N9O3S/c1-2-10-28-19(13-29-18-9-4-3-8-17(18)23-27-29)24-26-21(28)34-14-20(31)25-22-12-15-6-5-7-16(11-15)30(32)33/h2-9,11-12H,1,10,13-14H2,(H,25,31). The molecule has 1 N–H and O–H groups in total. The highest BCUT2D eigenvalue weighted by atomic mass is 32.2. The molecule has 2 aromatic carbocycles. The van der Waals surface area contributed by atoms with E-state index >= 15 is 0 Å². The summed E-state index contributed by atoms with van der Waals surface area (Å²) in [5, 5.41) is 32.1. The molecule has 4 aromatic rings. The topological polar surface area (TPSA) is 146 Å². The van der Waals surface area contributed by atoms with Gasteiger partial charge >= 0.3 is 0 Å². The highest BCUT2D eigenvalue weighted by Gasteiger charge is 2.15. The van der Waals surface area contributed by atoms with E-state index < -0.39 is 4.92 Å². The first-order valence-electron chi connectivity index (χ1n) is 10.1. The highest BCUT2D eigenvalue weighted by molar-refractivity contribution is 7.99. The van der Waals surface area contributed by atoms with E-state index in [0.29, 0.717) is 29.6 Å². The number of nitrogens with zero attached hydrogens (tertiary/aromatic N) is 8. The number of hydrazone groups is 1. The van der Waals surface area contributed by atoms with Gasteiger partial charge in [-0.25, -0.2) is 10.1 Å². The molecule has 0 saturated heterocycles. The Hall–Kier alpha value is -4.39. The van der Waals surface area contributed by atoms with Gasteiger partial charge in [-0.3, -0.25) is 14.9 Å². The number of thioether (sulfide) groups is 1. The second-order valence-corrected chi connectivity index (χ2v) is 7.91. The number of nitrogens with one attached hydrogen (secondary N) is 1. The Morgan fingerprint density at radius 1 is 1.21 bits per heavy atom. The number of non-ortho nitro benzene ring substituents is 1. The highest BCUT2D eigenvalue weighted by Crippen LogP contribution is 2.19. The maximum absolute atomic E-state index is 12.2. The lowest BCUT2D eigenvalue weighted by Gasteiger charge is -2.07. The molecule has 2 aromatic heterocycles. The normalized spacial score (nSPS) is 11.2. The van der Waals surface area contributed by atoms with E-state index in [0.717, 1.165) is 11.0 Å². The summed E-state index contributed by atoms with van der Waals surface area (Å²) in [6.07, 6.45) is 3.07. The number of fused-ring (bicyclic) bond motifs is 1. The predicted octanol–water partition coefficient (Wildman–Crippen LogP) is 2.41. The van der Waals surface area contributed by atoms with Gasteiger partial charge in [-0.1, -0.05) is 47.3 Å². The number of carbonyl (C=O) groups excluding carboxylic acids is 1. The molecule has 172 valence electrons. The van der Waals surface area contributed by atoms with E-state index in [1.807, 2.05) is 28.8 Å². The molecule has 0 aliphatic heterocycles. The third-order valence-electron chi connectivity index (χ3n) is 4.63. The Kier molecular flexibility index (Phi) is 7.03. The zero-order chi connectivity index (χ0) is 23.9. The van der Waals surface area contributed by atoms with Gasteiger partial charge in [0, 0.05) is 24.2 Å². The summed E-state index contributed by atoms with van der Waals surface area (Å²) >= 11 is 1.21. The fourth-order valence-corrected chi connectivity index (χ4v) is 3.84. The van der Waals surface area contributed by atoms with Crippen LogP contribution in [0.4, 0.5) is 5.69 Å². The van der Waals surface area contributed by atoms with Crippen molar-refractivity contribution in [3.8, 4) is 0 Å². The summed E-state index contributed by atoms with van der Waals surface area (Å²) in [5.74, 6) is 0.346.